The van der Waals surface area contributed by atoms with E-state index in [0.717, 1.165) is 6.42 Å². The van der Waals surface area contributed by atoms with Crippen molar-refractivity contribution in [3.05, 3.63) is 90.1 Å². The fourth-order valence-corrected chi connectivity index (χ4v) is 3.34. The molecule has 6 heteroatoms. The number of benzene rings is 2. The molecule has 1 atom stereocenters. The van der Waals surface area contributed by atoms with E-state index < -0.39 is 18.0 Å². The van der Waals surface area contributed by atoms with E-state index in [9.17, 15) is 9.59 Å². The number of nitrogens with zero attached hydrogens (tertiary/aromatic N) is 2. The first kappa shape index (κ1) is 21.2. The van der Waals surface area contributed by atoms with Gasteiger partial charge < -0.3 is 10.1 Å². The van der Waals surface area contributed by atoms with Crippen molar-refractivity contribution < 1.29 is 14.3 Å². The Morgan fingerprint density at radius 3 is 2.44 bits per heavy atom. The van der Waals surface area contributed by atoms with Crippen molar-refractivity contribution in [2.24, 2.45) is 0 Å². The number of pyridine rings is 2. The number of nitrogens with one attached hydrogen (secondary N) is 1. The number of fused-ring (bicyclic) bond motifs is 1. The fraction of sp³-hybridized carbons (Fsp3) is 0.154. The molecule has 0 aliphatic rings. The molecule has 2 aromatic carbocycles. The quantitative estimate of drug-likeness (QED) is 0.438. The number of anilines is 1. The molecule has 0 saturated carbocycles. The largest absolute Gasteiger partial charge is 0.449 e. The minimum atomic E-state index is -0.974. The summed E-state index contributed by atoms with van der Waals surface area (Å²) in [6, 6.07) is 22.0. The molecule has 160 valence electrons. The molecule has 0 radical (unpaired) electrons. The highest BCUT2D eigenvalue weighted by Crippen LogP contribution is 2.24. The third-order valence-electron chi connectivity index (χ3n) is 5.15. The Morgan fingerprint density at radius 2 is 1.72 bits per heavy atom. The Bertz CT molecular complexity index is 1250. The molecule has 2 heterocycles. The van der Waals surface area contributed by atoms with Crippen molar-refractivity contribution in [2.45, 2.75) is 26.4 Å². The molecule has 0 aliphatic carbocycles. The summed E-state index contributed by atoms with van der Waals surface area (Å²) < 4.78 is 5.52. The molecule has 4 aromatic rings. The third kappa shape index (κ3) is 4.64. The predicted octanol–water partition coefficient (Wildman–Crippen LogP) is 5.04. The van der Waals surface area contributed by atoms with Crippen LogP contribution in [0.2, 0.25) is 0 Å². The van der Waals surface area contributed by atoms with Gasteiger partial charge in [0.15, 0.2) is 6.10 Å². The molecule has 0 aliphatic heterocycles. The summed E-state index contributed by atoms with van der Waals surface area (Å²) in [5.74, 6) is -0.990. The Balaban J connectivity index is 1.56. The van der Waals surface area contributed by atoms with Gasteiger partial charge in [-0.3, -0.25) is 9.78 Å². The van der Waals surface area contributed by atoms with E-state index >= 15 is 0 Å². The van der Waals surface area contributed by atoms with Crippen LogP contribution in [-0.2, 0) is 16.0 Å². The number of ether oxygens (including phenoxy) is 1. The summed E-state index contributed by atoms with van der Waals surface area (Å²) in [5, 5.41) is 3.44. The molecule has 0 fully saturated rings. The van der Waals surface area contributed by atoms with E-state index in [-0.39, 0.29) is 0 Å². The van der Waals surface area contributed by atoms with Crippen molar-refractivity contribution in [3.8, 4) is 11.4 Å². The molecule has 1 unspecified atom stereocenters. The average Bonchev–Trinajstić information content (AvgIpc) is 2.84. The Kier molecular flexibility index (Phi) is 6.22. The topological polar surface area (TPSA) is 81.2 Å². The summed E-state index contributed by atoms with van der Waals surface area (Å²) in [5.41, 5.74) is 4.02. The number of esters is 1. The SMILES string of the molecule is CCc1ccc(NC(=O)C(C)OC(=O)c2cc(-c3ccccn3)nc3ccccc23)cc1. The summed E-state index contributed by atoms with van der Waals surface area (Å²) in [7, 11) is 0. The summed E-state index contributed by atoms with van der Waals surface area (Å²) in [6.07, 6.45) is 1.62. The molecule has 4 rings (SSSR count). The van der Waals surface area contributed by atoms with E-state index in [1.54, 1.807) is 25.3 Å². The van der Waals surface area contributed by atoms with Crippen LogP contribution in [0.15, 0.2) is 79.0 Å². The number of para-hydroxylation sites is 1. The summed E-state index contributed by atoms with van der Waals surface area (Å²) in [4.78, 5) is 34.6. The molecule has 1 N–H and O–H groups in total. The van der Waals surface area contributed by atoms with Crippen molar-refractivity contribution >= 4 is 28.5 Å². The molecule has 1 amide bonds. The van der Waals surface area contributed by atoms with E-state index in [1.807, 2.05) is 60.7 Å². The zero-order chi connectivity index (χ0) is 22.5. The van der Waals surface area contributed by atoms with Crippen LogP contribution in [0, 0.1) is 0 Å². The van der Waals surface area contributed by atoms with Crippen molar-refractivity contribution in [2.75, 3.05) is 5.32 Å². The van der Waals surface area contributed by atoms with E-state index in [0.29, 0.717) is 33.5 Å². The molecule has 32 heavy (non-hydrogen) atoms. The maximum absolute atomic E-state index is 13.0. The first-order valence-corrected chi connectivity index (χ1v) is 10.5. The van der Waals surface area contributed by atoms with Crippen molar-refractivity contribution in [3.63, 3.8) is 0 Å². The van der Waals surface area contributed by atoms with Gasteiger partial charge in [-0.2, -0.15) is 0 Å². The molecule has 0 spiro atoms. The fourth-order valence-electron chi connectivity index (χ4n) is 3.34. The second-order valence-corrected chi connectivity index (χ2v) is 7.37. The van der Waals surface area contributed by atoms with Gasteiger partial charge in [-0.25, -0.2) is 9.78 Å². The van der Waals surface area contributed by atoms with Gasteiger partial charge >= 0.3 is 5.97 Å². The minimum absolute atomic E-state index is 0.336. The molecule has 2 aromatic heterocycles. The molecular weight excluding hydrogens is 402 g/mol. The van der Waals surface area contributed by atoms with Crippen LogP contribution >= 0.6 is 0 Å². The smallest absolute Gasteiger partial charge is 0.339 e. The van der Waals surface area contributed by atoms with Gasteiger partial charge in [0.2, 0.25) is 0 Å². The van der Waals surface area contributed by atoms with Gasteiger partial charge in [0.1, 0.15) is 0 Å². The number of carbonyl (C=O) groups excluding carboxylic acids is 2. The highest BCUT2D eigenvalue weighted by Gasteiger charge is 2.22. The van der Waals surface area contributed by atoms with Gasteiger partial charge in [0, 0.05) is 17.3 Å². The Labute approximate surface area is 186 Å². The molecule has 0 bridgehead atoms. The lowest BCUT2D eigenvalue weighted by Crippen LogP contribution is -2.30. The Hall–Kier alpha value is -4.06. The lowest BCUT2D eigenvalue weighted by atomic mass is 10.1. The minimum Gasteiger partial charge on any atom is -0.449 e. The van der Waals surface area contributed by atoms with E-state index in [4.69, 9.17) is 4.74 Å². The third-order valence-corrected chi connectivity index (χ3v) is 5.15. The first-order valence-electron chi connectivity index (χ1n) is 10.5. The van der Waals surface area contributed by atoms with Crippen LogP contribution in [0.25, 0.3) is 22.3 Å². The molecular formula is C26H23N3O3. The highest BCUT2D eigenvalue weighted by molar-refractivity contribution is 6.05. The maximum Gasteiger partial charge on any atom is 0.339 e. The zero-order valence-electron chi connectivity index (χ0n) is 17.9. The zero-order valence-corrected chi connectivity index (χ0v) is 17.9. The van der Waals surface area contributed by atoms with E-state index in [2.05, 4.69) is 22.2 Å². The van der Waals surface area contributed by atoms with Crippen LogP contribution in [-0.4, -0.2) is 27.9 Å². The predicted molar refractivity (Wildman–Crippen MR) is 124 cm³/mol. The van der Waals surface area contributed by atoms with Crippen LogP contribution in [0.1, 0.15) is 29.8 Å². The van der Waals surface area contributed by atoms with Gasteiger partial charge in [-0.05, 0) is 55.3 Å². The molecule has 6 nitrogen and oxygen atoms in total. The van der Waals surface area contributed by atoms with Gasteiger partial charge in [-0.15, -0.1) is 0 Å². The maximum atomic E-state index is 13.0. The van der Waals surface area contributed by atoms with Crippen LogP contribution in [0.4, 0.5) is 5.69 Å². The normalized spacial score (nSPS) is 11.7. The van der Waals surface area contributed by atoms with Gasteiger partial charge in [0.05, 0.1) is 22.5 Å². The van der Waals surface area contributed by atoms with Crippen molar-refractivity contribution in [1.29, 1.82) is 0 Å². The van der Waals surface area contributed by atoms with Gasteiger partial charge in [-0.1, -0.05) is 43.3 Å². The average molecular weight is 425 g/mol. The number of aromatic nitrogens is 2. The van der Waals surface area contributed by atoms with Crippen LogP contribution in [0.5, 0.6) is 0 Å². The monoisotopic (exact) mass is 425 g/mol. The highest BCUT2D eigenvalue weighted by atomic mass is 16.5. The first-order chi connectivity index (χ1) is 15.5. The van der Waals surface area contributed by atoms with Gasteiger partial charge in [0.25, 0.3) is 5.91 Å². The van der Waals surface area contributed by atoms with E-state index in [1.165, 1.54) is 5.56 Å². The number of hydrogen-bond acceptors (Lipinski definition) is 5. The lowest BCUT2D eigenvalue weighted by molar-refractivity contribution is -0.123. The number of rotatable bonds is 6. The van der Waals surface area contributed by atoms with Crippen LogP contribution < -0.4 is 5.32 Å². The second-order valence-electron chi connectivity index (χ2n) is 7.37. The van der Waals surface area contributed by atoms with Crippen LogP contribution in [0.3, 0.4) is 0 Å². The summed E-state index contributed by atoms with van der Waals surface area (Å²) in [6.45, 7) is 3.62. The number of carbonyl (C=O) groups is 2. The Morgan fingerprint density at radius 1 is 0.969 bits per heavy atom. The molecule has 0 saturated heterocycles. The second kappa shape index (κ2) is 9.39. The number of hydrogen-bond donors (Lipinski definition) is 1. The number of aryl methyl sites for hydroxylation is 1. The summed E-state index contributed by atoms with van der Waals surface area (Å²) >= 11 is 0. The lowest BCUT2D eigenvalue weighted by Gasteiger charge is -2.15. The standard InChI is InChI=1S/C26H23N3O3/c1-3-18-11-13-19(14-12-18)28-25(30)17(2)32-26(31)21-16-24(23-10-6-7-15-27-23)29-22-9-5-4-8-20(21)22/h4-17H,3H2,1-2H3,(H,28,30). The number of amides is 1. The van der Waals surface area contributed by atoms with Crippen molar-refractivity contribution in [1.82, 2.24) is 9.97 Å².